The number of hydrogen-bond acceptors (Lipinski definition) is 1. The highest BCUT2D eigenvalue weighted by Crippen LogP contribution is 2.35. The lowest BCUT2D eigenvalue weighted by atomic mass is 9.85. The smallest absolute Gasteiger partial charge is 0.228 e. The Morgan fingerprint density at radius 3 is 2.85 bits per heavy atom. The third-order valence-electron chi connectivity index (χ3n) is 4.67. The molecule has 1 N–H and O–H groups in total. The van der Waals surface area contributed by atoms with Gasteiger partial charge in [0, 0.05) is 5.69 Å². The van der Waals surface area contributed by atoms with Crippen LogP contribution < -0.4 is 5.32 Å². The zero-order chi connectivity index (χ0) is 13.9. The van der Waals surface area contributed by atoms with Gasteiger partial charge in [-0.3, -0.25) is 4.79 Å². The number of carbonyl (C=O) groups excluding carboxylic acids is 1. The van der Waals surface area contributed by atoms with Crippen molar-refractivity contribution in [1.29, 1.82) is 0 Å². The van der Waals surface area contributed by atoms with Crippen molar-refractivity contribution < 1.29 is 4.79 Å². The van der Waals surface area contributed by atoms with Crippen molar-refractivity contribution in [3.8, 4) is 0 Å². The minimum atomic E-state index is 0.0814. The standard InChI is InChI=1S/C17H22ClNO/c18-15(8-6-12-4-2-1-3-5-12)13-7-9-16-14(10-13)11-17(20)19-16/h7,9-10,12,15H,1-6,8,11H2,(H,19,20). The second-order valence-electron chi connectivity index (χ2n) is 6.19. The number of benzene rings is 1. The summed E-state index contributed by atoms with van der Waals surface area (Å²) in [7, 11) is 0. The third kappa shape index (κ3) is 3.17. The van der Waals surface area contributed by atoms with Crippen molar-refractivity contribution in [2.24, 2.45) is 5.92 Å². The second kappa shape index (κ2) is 6.17. The fourth-order valence-electron chi connectivity index (χ4n) is 3.47. The second-order valence-corrected chi connectivity index (χ2v) is 6.72. The van der Waals surface area contributed by atoms with Gasteiger partial charge in [0.05, 0.1) is 11.8 Å². The fraction of sp³-hybridized carbons (Fsp3) is 0.588. The van der Waals surface area contributed by atoms with Crippen molar-refractivity contribution in [3.63, 3.8) is 0 Å². The Labute approximate surface area is 125 Å². The summed E-state index contributed by atoms with van der Waals surface area (Å²) >= 11 is 6.56. The van der Waals surface area contributed by atoms with Crippen molar-refractivity contribution in [1.82, 2.24) is 0 Å². The van der Waals surface area contributed by atoms with Gasteiger partial charge >= 0.3 is 0 Å². The number of hydrogen-bond donors (Lipinski definition) is 1. The first-order chi connectivity index (χ1) is 9.72. The molecule has 1 atom stereocenters. The first kappa shape index (κ1) is 13.9. The molecule has 1 fully saturated rings. The van der Waals surface area contributed by atoms with Crippen molar-refractivity contribution in [2.75, 3.05) is 5.32 Å². The summed E-state index contributed by atoms with van der Waals surface area (Å²) in [5.41, 5.74) is 3.21. The van der Waals surface area contributed by atoms with Gasteiger partial charge in [0.1, 0.15) is 0 Å². The Hall–Kier alpha value is -1.02. The lowest BCUT2D eigenvalue weighted by Crippen LogP contribution is -2.07. The molecule has 0 radical (unpaired) electrons. The normalized spacial score (nSPS) is 20.6. The maximum atomic E-state index is 11.4. The molecular formula is C17H22ClNO. The predicted octanol–water partition coefficient (Wildman–Crippen LogP) is 4.82. The van der Waals surface area contributed by atoms with E-state index in [1.54, 1.807) is 0 Å². The van der Waals surface area contributed by atoms with E-state index < -0.39 is 0 Å². The van der Waals surface area contributed by atoms with E-state index in [-0.39, 0.29) is 11.3 Å². The predicted molar refractivity (Wildman–Crippen MR) is 83.2 cm³/mol. The molecule has 0 spiro atoms. The van der Waals surface area contributed by atoms with E-state index >= 15 is 0 Å². The van der Waals surface area contributed by atoms with Crippen LogP contribution in [0.25, 0.3) is 0 Å². The Balaban J connectivity index is 1.58. The molecule has 2 aliphatic rings. The number of alkyl halides is 1. The third-order valence-corrected chi connectivity index (χ3v) is 5.14. The maximum absolute atomic E-state index is 11.4. The van der Waals surface area contributed by atoms with Crippen LogP contribution in [-0.2, 0) is 11.2 Å². The van der Waals surface area contributed by atoms with Crippen LogP contribution in [0.2, 0.25) is 0 Å². The molecule has 1 aliphatic heterocycles. The average Bonchev–Trinajstić information content (AvgIpc) is 2.85. The molecule has 1 saturated carbocycles. The molecule has 3 rings (SSSR count). The molecule has 1 amide bonds. The molecule has 0 aromatic heterocycles. The van der Waals surface area contributed by atoms with Gasteiger partial charge < -0.3 is 5.32 Å². The number of nitrogens with one attached hydrogen (secondary N) is 1. The van der Waals surface area contributed by atoms with Gasteiger partial charge in [-0.25, -0.2) is 0 Å². The molecule has 108 valence electrons. The summed E-state index contributed by atoms with van der Waals surface area (Å²) in [6.07, 6.45) is 9.74. The molecule has 20 heavy (non-hydrogen) atoms. The van der Waals surface area contributed by atoms with Gasteiger partial charge in [-0.05, 0) is 36.0 Å². The Morgan fingerprint density at radius 2 is 2.05 bits per heavy atom. The monoisotopic (exact) mass is 291 g/mol. The van der Waals surface area contributed by atoms with Gasteiger partial charge in [0.15, 0.2) is 0 Å². The van der Waals surface area contributed by atoms with Crippen LogP contribution in [0.4, 0.5) is 5.69 Å². The Bertz CT molecular complexity index is 494. The van der Waals surface area contributed by atoms with Crippen LogP contribution in [0, 0.1) is 5.92 Å². The van der Waals surface area contributed by atoms with E-state index in [4.69, 9.17) is 11.6 Å². The number of rotatable bonds is 4. The largest absolute Gasteiger partial charge is 0.326 e. The van der Waals surface area contributed by atoms with Gasteiger partial charge in [-0.15, -0.1) is 11.6 Å². The number of halogens is 1. The molecule has 0 saturated heterocycles. The fourth-order valence-corrected chi connectivity index (χ4v) is 3.73. The van der Waals surface area contributed by atoms with E-state index in [1.807, 2.05) is 6.07 Å². The Kier molecular flexibility index (Phi) is 4.30. The average molecular weight is 292 g/mol. The topological polar surface area (TPSA) is 29.1 Å². The summed E-state index contributed by atoms with van der Waals surface area (Å²) in [5, 5.41) is 2.95. The first-order valence-corrected chi connectivity index (χ1v) is 8.23. The quantitative estimate of drug-likeness (QED) is 0.792. The molecule has 2 nitrogen and oxygen atoms in total. The molecule has 0 bridgehead atoms. The van der Waals surface area contributed by atoms with Crippen LogP contribution in [-0.4, -0.2) is 5.91 Å². The highest BCUT2D eigenvalue weighted by molar-refractivity contribution is 6.20. The highest BCUT2D eigenvalue weighted by atomic mass is 35.5. The summed E-state index contributed by atoms with van der Waals surface area (Å²) in [6, 6.07) is 6.15. The molecule has 3 heteroatoms. The SMILES string of the molecule is O=C1Cc2cc(C(Cl)CCC3CCCCC3)ccc2N1. The zero-order valence-corrected chi connectivity index (χ0v) is 12.6. The van der Waals surface area contributed by atoms with Gasteiger partial charge in [0.2, 0.25) is 5.91 Å². The highest BCUT2D eigenvalue weighted by Gasteiger charge is 2.20. The summed E-state index contributed by atoms with van der Waals surface area (Å²) in [4.78, 5) is 11.4. The van der Waals surface area contributed by atoms with Crippen LogP contribution in [0.5, 0.6) is 0 Å². The molecule has 1 unspecified atom stereocenters. The van der Waals surface area contributed by atoms with E-state index in [2.05, 4.69) is 17.4 Å². The van der Waals surface area contributed by atoms with E-state index in [9.17, 15) is 4.79 Å². The van der Waals surface area contributed by atoms with Gasteiger partial charge in [-0.1, -0.05) is 44.2 Å². The number of anilines is 1. The maximum Gasteiger partial charge on any atom is 0.228 e. The Morgan fingerprint density at radius 1 is 1.25 bits per heavy atom. The molecule has 1 aromatic carbocycles. The summed E-state index contributed by atoms with van der Waals surface area (Å²) in [5.74, 6) is 0.966. The van der Waals surface area contributed by atoms with E-state index in [0.29, 0.717) is 6.42 Å². The zero-order valence-electron chi connectivity index (χ0n) is 11.8. The van der Waals surface area contributed by atoms with Crippen molar-refractivity contribution >= 4 is 23.2 Å². The van der Waals surface area contributed by atoms with Gasteiger partial charge in [-0.2, -0.15) is 0 Å². The first-order valence-electron chi connectivity index (χ1n) is 7.79. The van der Waals surface area contributed by atoms with E-state index in [1.165, 1.54) is 38.5 Å². The molecule has 1 heterocycles. The summed E-state index contributed by atoms with van der Waals surface area (Å²) in [6.45, 7) is 0. The molecule has 1 aliphatic carbocycles. The lowest BCUT2D eigenvalue weighted by molar-refractivity contribution is -0.115. The number of fused-ring (bicyclic) bond motifs is 1. The molecule has 1 aromatic rings. The number of amides is 1. The van der Waals surface area contributed by atoms with Crippen LogP contribution in [0.1, 0.15) is 61.4 Å². The number of carbonyl (C=O) groups is 1. The van der Waals surface area contributed by atoms with Gasteiger partial charge in [0.25, 0.3) is 0 Å². The molecular weight excluding hydrogens is 270 g/mol. The minimum Gasteiger partial charge on any atom is -0.326 e. The summed E-state index contributed by atoms with van der Waals surface area (Å²) < 4.78 is 0. The van der Waals surface area contributed by atoms with Crippen LogP contribution >= 0.6 is 11.6 Å². The lowest BCUT2D eigenvalue weighted by Gasteiger charge is -2.22. The van der Waals surface area contributed by atoms with Crippen molar-refractivity contribution in [3.05, 3.63) is 29.3 Å². The van der Waals surface area contributed by atoms with Crippen molar-refractivity contribution in [2.45, 2.75) is 56.7 Å². The minimum absolute atomic E-state index is 0.0814. The van der Waals surface area contributed by atoms with E-state index in [0.717, 1.165) is 29.2 Å². The van der Waals surface area contributed by atoms with Crippen LogP contribution in [0.3, 0.4) is 0 Å². The van der Waals surface area contributed by atoms with Crippen LogP contribution in [0.15, 0.2) is 18.2 Å².